The summed E-state index contributed by atoms with van der Waals surface area (Å²) in [5.74, 6) is 0.630. The topological polar surface area (TPSA) is 53.1 Å². The predicted octanol–water partition coefficient (Wildman–Crippen LogP) is 0.378. The van der Waals surface area contributed by atoms with Gasteiger partial charge in [-0.2, -0.15) is 5.10 Å². The first-order valence-corrected chi connectivity index (χ1v) is 4.67. The molecule has 1 saturated heterocycles. The van der Waals surface area contributed by atoms with Gasteiger partial charge in [0.25, 0.3) is 0 Å². The molecule has 1 atom stereocenters. The molecule has 1 aliphatic rings. The molecule has 0 amide bonds. The van der Waals surface area contributed by atoms with Crippen LogP contribution in [0.2, 0.25) is 0 Å². The zero-order valence-electron chi connectivity index (χ0n) is 7.65. The fourth-order valence-electron chi connectivity index (χ4n) is 1.60. The van der Waals surface area contributed by atoms with Gasteiger partial charge >= 0.3 is 0 Å². The summed E-state index contributed by atoms with van der Waals surface area (Å²) in [6.45, 7) is 3.30. The molecule has 4 nitrogen and oxygen atoms in total. The standard InChI is InChI=1S/C9H15N3O/c10-3-9-4-11-12(6-9)5-8-1-2-13-7-8/h4,6,8H,1-3,5,7,10H2. The van der Waals surface area contributed by atoms with Crippen LogP contribution >= 0.6 is 0 Å². The predicted molar refractivity (Wildman–Crippen MR) is 49.0 cm³/mol. The van der Waals surface area contributed by atoms with Gasteiger partial charge in [-0.05, 0) is 6.42 Å². The van der Waals surface area contributed by atoms with Crippen molar-refractivity contribution in [2.24, 2.45) is 11.7 Å². The minimum Gasteiger partial charge on any atom is -0.381 e. The van der Waals surface area contributed by atoms with E-state index in [9.17, 15) is 0 Å². The van der Waals surface area contributed by atoms with Crippen molar-refractivity contribution in [1.29, 1.82) is 0 Å². The van der Waals surface area contributed by atoms with Gasteiger partial charge in [0.15, 0.2) is 0 Å². The van der Waals surface area contributed by atoms with Crippen LogP contribution in [0.15, 0.2) is 12.4 Å². The van der Waals surface area contributed by atoms with Crippen LogP contribution in [0.4, 0.5) is 0 Å². The lowest BCUT2D eigenvalue weighted by molar-refractivity contribution is 0.181. The maximum atomic E-state index is 5.49. The van der Waals surface area contributed by atoms with E-state index in [0.717, 1.165) is 31.7 Å². The molecule has 1 fully saturated rings. The van der Waals surface area contributed by atoms with E-state index in [1.54, 1.807) is 0 Å². The van der Waals surface area contributed by atoms with E-state index in [1.807, 2.05) is 17.1 Å². The molecular formula is C9H15N3O. The number of rotatable bonds is 3. The largest absolute Gasteiger partial charge is 0.381 e. The lowest BCUT2D eigenvalue weighted by atomic mass is 10.1. The molecule has 0 aliphatic carbocycles. The molecule has 0 bridgehead atoms. The summed E-state index contributed by atoms with van der Waals surface area (Å²) in [5, 5.41) is 4.23. The number of nitrogens with zero attached hydrogens (tertiary/aromatic N) is 2. The SMILES string of the molecule is NCc1cnn(CC2CCOC2)c1. The average Bonchev–Trinajstić information content (AvgIpc) is 2.76. The molecule has 1 unspecified atom stereocenters. The van der Waals surface area contributed by atoms with Gasteiger partial charge in [-0.15, -0.1) is 0 Å². The molecule has 0 aromatic carbocycles. The molecule has 1 aliphatic heterocycles. The Hall–Kier alpha value is -0.870. The minimum absolute atomic E-state index is 0.571. The van der Waals surface area contributed by atoms with Gasteiger partial charge in [-0.3, -0.25) is 4.68 Å². The number of nitrogens with two attached hydrogens (primary N) is 1. The highest BCUT2D eigenvalue weighted by Crippen LogP contribution is 2.14. The van der Waals surface area contributed by atoms with Crippen LogP contribution in [0.3, 0.4) is 0 Å². The van der Waals surface area contributed by atoms with Crippen molar-refractivity contribution in [3.05, 3.63) is 18.0 Å². The first-order chi connectivity index (χ1) is 6.38. The van der Waals surface area contributed by atoms with E-state index < -0.39 is 0 Å². The van der Waals surface area contributed by atoms with Crippen LogP contribution in [0.1, 0.15) is 12.0 Å². The Morgan fingerprint density at radius 2 is 2.62 bits per heavy atom. The van der Waals surface area contributed by atoms with Crippen LogP contribution in [0, 0.1) is 5.92 Å². The van der Waals surface area contributed by atoms with Gasteiger partial charge in [0, 0.05) is 37.4 Å². The highest BCUT2D eigenvalue weighted by atomic mass is 16.5. The zero-order valence-corrected chi connectivity index (χ0v) is 7.65. The Bertz CT molecular complexity index is 266. The van der Waals surface area contributed by atoms with Crippen molar-refractivity contribution in [2.45, 2.75) is 19.5 Å². The average molecular weight is 181 g/mol. The molecule has 2 rings (SSSR count). The summed E-state index contributed by atoms with van der Waals surface area (Å²) in [4.78, 5) is 0. The van der Waals surface area contributed by atoms with Crippen molar-refractivity contribution in [3.8, 4) is 0 Å². The monoisotopic (exact) mass is 181 g/mol. The van der Waals surface area contributed by atoms with Crippen LogP contribution in [0.25, 0.3) is 0 Å². The van der Waals surface area contributed by atoms with Crippen LogP contribution in [0.5, 0.6) is 0 Å². The number of hydrogen-bond donors (Lipinski definition) is 1. The number of aromatic nitrogens is 2. The van der Waals surface area contributed by atoms with Gasteiger partial charge < -0.3 is 10.5 Å². The second-order valence-corrected chi connectivity index (χ2v) is 3.50. The van der Waals surface area contributed by atoms with Gasteiger partial charge in [0.2, 0.25) is 0 Å². The summed E-state index contributed by atoms with van der Waals surface area (Å²) < 4.78 is 7.26. The van der Waals surface area contributed by atoms with Crippen molar-refractivity contribution < 1.29 is 4.74 Å². The quantitative estimate of drug-likeness (QED) is 0.733. The molecule has 1 aromatic rings. The first kappa shape index (κ1) is 8.72. The Kier molecular flexibility index (Phi) is 2.61. The fraction of sp³-hybridized carbons (Fsp3) is 0.667. The van der Waals surface area contributed by atoms with Crippen molar-refractivity contribution in [1.82, 2.24) is 9.78 Å². The molecular weight excluding hydrogens is 166 g/mol. The lowest BCUT2D eigenvalue weighted by Crippen LogP contribution is -2.10. The highest BCUT2D eigenvalue weighted by Gasteiger charge is 2.16. The van der Waals surface area contributed by atoms with Crippen LogP contribution in [-0.2, 0) is 17.8 Å². The fourth-order valence-corrected chi connectivity index (χ4v) is 1.60. The maximum Gasteiger partial charge on any atom is 0.0534 e. The van der Waals surface area contributed by atoms with Gasteiger partial charge in [-0.1, -0.05) is 0 Å². The number of ether oxygens (including phenoxy) is 1. The molecule has 72 valence electrons. The third kappa shape index (κ3) is 2.08. The summed E-state index contributed by atoms with van der Waals surface area (Å²) >= 11 is 0. The molecule has 13 heavy (non-hydrogen) atoms. The zero-order chi connectivity index (χ0) is 9.10. The van der Waals surface area contributed by atoms with E-state index >= 15 is 0 Å². The van der Waals surface area contributed by atoms with Crippen molar-refractivity contribution >= 4 is 0 Å². The van der Waals surface area contributed by atoms with Crippen LogP contribution < -0.4 is 5.73 Å². The Morgan fingerprint density at radius 1 is 1.69 bits per heavy atom. The van der Waals surface area contributed by atoms with E-state index in [4.69, 9.17) is 10.5 Å². The minimum atomic E-state index is 0.571. The lowest BCUT2D eigenvalue weighted by Gasteiger charge is -2.06. The summed E-state index contributed by atoms with van der Waals surface area (Å²) in [7, 11) is 0. The molecule has 0 radical (unpaired) electrons. The van der Waals surface area contributed by atoms with E-state index in [0.29, 0.717) is 12.5 Å². The summed E-state index contributed by atoms with van der Waals surface area (Å²) in [6.07, 6.45) is 4.99. The van der Waals surface area contributed by atoms with Gasteiger partial charge in [-0.25, -0.2) is 0 Å². The molecule has 0 saturated carbocycles. The van der Waals surface area contributed by atoms with Crippen molar-refractivity contribution in [2.75, 3.05) is 13.2 Å². The van der Waals surface area contributed by atoms with E-state index in [-0.39, 0.29) is 0 Å². The Labute approximate surface area is 77.7 Å². The highest BCUT2D eigenvalue weighted by molar-refractivity contribution is 5.02. The molecule has 1 aromatic heterocycles. The smallest absolute Gasteiger partial charge is 0.0534 e. The van der Waals surface area contributed by atoms with Crippen molar-refractivity contribution in [3.63, 3.8) is 0 Å². The second-order valence-electron chi connectivity index (χ2n) is 3.50. The Balaban J connectivity index is 1.92. The summed E-state index contributed by atoms with van der Waals surface area (Å²) in [5.41, 5.74) is 6.59. The molecule has 0 spiro atoms. The summed E-state index contributed by atoms with van der Waals surface area (Å²) in [6, 6.07) is 0. The normalized spacial score (nSPS) is 22.4. The maximum absolute atomic E-state index is 5.49. The van der Waals surface area contributed by atoms with Gasteiger partial charge in [0.1, 0.15) is 0 Å². The third-order valence-electron chi connectivity index (χ3n) is 2.39. The third-order valence-corrected chi connectivity index (χ3v) is 2.39. The number of hydrogen-bond acceptors (Lipinski definition) is 3. The Morgan fingerprint density at radius 3 is 3.23 bits per heavy atom. The first-order valence-electron chi connectivity index (χ1n) is 4.67. The van der Waals surface area contributed by atoms with Gasteiger partial charge in [0.05, 0.1) is 12.8 Å². The molecule has 2 N–H and O–H groups in total. The van der Waals surface area contributed by atoms with E-state index in [1.165, 1.54) is 0 Å². The second kappa shape index (κ2) is 3.89. The van der Waals surface area contributed by atoms with E-state index in [2.05, 4.69) is 5.10 Å². The molecule has 2 heterocycles. The van der Waals surface area contributed by atoms with Crippen LogP contribution in [-0.4, -0.2) is 23.0 Å². The molecule has 4 heteroatoms.